The Balaban J connectivity index is 2.10. The molecule has 0 saturated carbocycles. The first-order valence-corrected chi connectivity index (χ1v) is 7.94. The van der Waals surface area contributed by atoms with Crippen LogP contribution in [0, 0.1) is 0 Å². The summed E-state index contributed by atoms with van der Waals surface area (Å²) in [7, 11) is -3.28. The first kappa shape index (κ1) is 14.2. The molecule has 0 radical (unpaired) electrons. The minimum atomic E-state index is -3.28. The topological polar surface area (TPSA) is 59.9 Å². The molecule has 0 spiro atoms. The standard InChI is InChI=1S/C12H10Cl2N2O2S/c13-11-3-1-9(5-15-11)7-19(17,18)8-10-2-4-12(14)16-6-10/h1-6H,7-8H2. The SMILES string of the molecule is O=S(=O)(Cc1ccc(Cl)nc1)Cc1ccc(Cl)nc1. The Morgan fingerprint density at radius 1 is 0.842 bits per heavy atom. The minimum absolute atomic E-state index is 0.0835. The smallest absolute Gasteiger partial charge is 0.158 e. The molecular formula is C12H10Cl2N2O2S. The molecule has 0 atom stereocenters. The minimum Gasteiger partial charge on any atom is -0.244 e. The van der Waals surface area contributed by atoms with Gasteiger partial charge in [0.2, 0.25) is 0 Å². The number of rotatable bonds is 4. The third-order valence-electron chi connectivity index (χ3n) is 2.35. The number of aromatic nitrogens is 2. The van der Waals surface area contributed by atoms with Crippen LogP contribution in [0.1, 0.15) is 11.1 Å². The van der Waals surface area contributed by atoms with E-state index in [1.54, 1.807) is 24.3 Å². The zero-order valence-corrected chi connectivity index (χ0v) is 12.1. The highest BCUT2D eigenvalue weighted by molar-refractivity contribution is 7.89. The van der Waals surface area contributed by atoms with Crippen LogP contribution in [0.5, 0.6) is 0 Å². The van der Waals surface area contributed by atoms with Crippen molar-refractivity contribution in [3.05, 3.63) is 58.1 Å². The maximum Gasteiger partial charge on any atom is 0.158 e. The van der Waals surface area contributed by atoms with Crippen LogP contribution in [0.2, 0.25) is 10.3 Å². The first-order valence-electron chi connectivity index (χ1n) is 5.36. The molecule has 0 unspecified atom stereocenters. The summed E-state index contributed by atoms with van der Waals surface area (Å²) in [5, 5.41) is 0.672. The van der Waals surface area contributed by atoms with E-state index >= 15 is 0 Å². The average Bonchev–Trinajstić information content (AvgIpc) is 2.34. The normalized spacial score (nSPS) is 11.5. The van der Waals surface area contributed by atoms with Crippen LogP contribution >= 0.6 is 23.2 Å². The van der Waals surface area contributed by atoms with Crippen molar-refractivity contribution in [2.75, 3.05) is 0 Å². The molecule has 0 aliphatic carbocycles. The van der Waals surface area contributed by atoms with Crippen molar-refractivity contribution in [2.45, 2.75) is 11.5 Å². The second-order valence-corrected chi connectivity index (χ2v) is 6.85. The number of pyridine rings is 2. The van der Waals surface area contributed by atoms with Gasteiger partial charge in [0.15, 0.2) is 9.84 Å². The van der Waals surface area contributed by atoms with Gasteiger partial charge in [-0.1, -0.05) is 35.3 Å². The van der Waals surface area contributed by atoms with E-state index in [0.29, 0.717) is 21.4 Å². The summed E-state index contributed by atoms with van der Waals surface area (Å²) in [5.74, 6) is -0.167. The molecule has 100 valence electrons. The zero-order valence-electron chi connectivity index (χ0n) is 9.75. The lowest BCUT2D eigenvalue weighted by Crippen LogP contribution is -2.08. The van der Waals surface area contributed by atoms with Gasteiger partial charge in [-0.2, -0.15) is 0 Å². The Morgan fingerprint density at radius 2 is 1.26 bits per heavy atom. The van der Waals surface area contributed by atoms with Gasteiger partial charge in [-0.3, -0.25) is 0 Å². The second-order valence-electron chi connectivity index (χ2n) is 4.01. The molecule has 4 nitrogen and oxygen atoms in total. The number of sulfone groups is 1. The van der Waals surface area contributed by atoms with Crippen LogP contribution in [0.25, 0.3) is 0 Å². The van der Waals surface area contributed by atoms with E-state index in [-0.39, 0.29) is 11.5 Å². The summed E-state index contributed by atoms with van der Waals surface area (Å²) in [5.41, 5.74) is 1.21. The number of hydrogen-bond acceptors (Lipinski definition) is 4. The number of hydrogen-bond donors (Lipinski definition) is 0. The van der Waals surface area contributed by atoms with Gasteiger partial charge in [-0.15, -0.1) is 0 Å². The van der Waals surface area contributed by atoms with Crippen molar-refractivity contribution in [1.29, 1.82) is 0 Å². The monoisotopic (exact) mass is 316 g/mol. The third-order valence-corrected chi connectivity index (χ3v) is 4.34. The van der Waals surface area contributed by atoms with Crippen LogP contribution in [0.4, 0.5) is 0 Å². The van der Waals surface area contributed by atoms with Crippen molar-refractivity contribution in [3.63, 3.8) is 0 Å². The van der Waals surface area contributed by atoms with Gasteiger partial charge in [0.1, 0.15) is 10.3 Å². The van der Waals surface area contributed by atoms with E-state index in [0.717, 1.165) is 0 Å². The van der Waals surface area contributed by atoms with Gasteiger partial charge < -0.3 is 0 Å². The molecule has 0 N–H and O–H groups in total. The van der Waals surface area contributed by atoms with E-state index in [4.69, 9.17) is 23.2 Å². The predicted octanol–water partition coefficient (Wildman–Crippen LogP) is 2.90. The molecule has 0 bridgehead atoms. The van der Waals surface area contributed by atoms with E-state index < -0.39 is 9.84 Å². The molecule has 0 fully saturated rings. The van der Waals surface area contributed by atoms with Gasteiger partial charge in [-0.05, 0) is 23.3 Å². The molecule has 0 aliphatic heterocycles. The molecule has 2 heterocycles. The van der Waals surface area contributed by atoms with Crippen molar-refractivity contribution in [1.82, 2.24) is 9.97 Å². The molecule has 19 heavy (non-hydrogen) atoms. The molecule has 0 aliphatic rings. The van der Waals surface area contributed by atoms with E-state index in [9.17, 15) is 8.42 Å². The van der Waals surface area contributed by atoms with E-state index in [1.807, 2.05) is 0 Å². The highest BCUT2D eigenvalue weighted by Crippen LogP contribution is 2.14. The second kappa shape index (κ2) is 5.86. The van der Waals surface area contributed by atoms with Crippen molar-refractivity contribution in [2.24, 2.45) is 0 Å². The summed E-state index contributed by atoms with van der Waals surface area (Å²) >= 11 is 11.3. The fourth-order valence-electron chi connectivity index (χ4n) is 1.54. The molecule has 7 heteroatoms. The molecule has 0 amide bonds. The average molecular weight is 317 g/mol. The predicted molar refractivity (Wildman–Crippen MR) is 74.8 cm³/mol. The third kappa shape index (κ3) is 4.45. The maximum absolute atomic E-state index is 12.0. The Hall–Kier alpha value is -1.17. The highest BCUT2D eigenvalue weighted by atomic mass is 35.5. The van der Waals surface area contributed by atoms with Crippen LogP contribution in [-0.4, -0.2) is 18.4 Å². The van der Waals surface area contributed by atoms with Crippen LogP contribution in [0.3, 0.4) is 0 Å². The highest BCUT2D eigenvalue weighted by Gasteiger charge is 2.13. The fourth-order valence-corrected chi connectivity index (χ4v) is 3.23. The maximum atomic E-state index is 12.0. The summed E-state index contributed by atoms with van der Waals surface area (Å²) in [6.07, 6.45) is 2.92. The molecule has 2 aromatic heterocycles. The van der Waals surface area contributed by atoms with Crippen molar-refractivity contribution < 1.29 is 8.42 Å². The summed E-state index contributed by atoms with van der Waals surface area (Å²) < 4.78 is 24.0. The molecule has 0 aromatic carbocycles. The first-order chi connectivity index (χ1) is 8.94. The Morgan fingerprint density at radius 3 is 1.58 bits per heavy atom. The molecular weight excluding hydrogens is 307 g/mol. The Bertz CT molecular complexity index is 602. The summed E-state index contributed by atoms with van der Waals surface area (Å²) in [6.45, 7) is 0. The number of halogens is 2. The lowest BCUT2D eigenvalue weighted by Gasteiger charge is -2.04. The molecule has 2 aromatic rings. The van der Waals surface area contributed by atoms with Crippen molar-refractivity contribution >= 4 is 33.0 Å². The lowest BCUT2D eigenvalue weighted by molar-refractivity contribution is 0.594. The largest absolute Gasteiger partial charge is 0.244 e. The Kier molecular flexibility index (Phi) is 4.39. The quantitative estimate of drug-likeness (QED) is 0.814. The summed E-state index contributed by atoms with van der Waals surface area (Å²) in [6, 6.07) is 6.42. The van der Waals surface area contributed by atoms with Gasteiger partial charge in [0.25, 0.3) is 0 Å². The lowest BCUT2D eigenvalue weighted by atomic mass is 10.3. The fraction of sp³-hybridized carbons (Fsp3) is 0.167. The van der Waals surface area contributed by atoms with Crippen LogP contribution < -0.4 is 0 Å². The zero-order chi connectivity index (χ0) is 13.9. The van der Waals surface area contributed by atoms with Gasteiger partial charge in [0.05, 0.1) is 11.5 Å². The van der Waals surface area contributed by atoms with Gasteiger partial charge in [0, 0.05) is 12.4 Å². The van der Waals surface area contributed by atoms with Crippen molar-refractivity contribution in [3.8, 4) is 0 Å². The van der Waals surface area contributed by atoms with Crippen LogP contribution in [-0.2, 0) is 21.3 Å². The Labute approximate surface area is 121 Å². The van der Waals surface area contributed by atoms with E-state index in [2.05, 4.69) is 9.97 Å². The van der Waals surface area contributed by atoms with E-state index in [1.165, 1.54) is 12.4 Å². The molecule has 2 rings (SSSR count). The number of nitrogens with zero attached hydrogens (tertiary/aromatic N) is 2. The van der Waals surface area contributed by atoms with Gasteiger partial charge in [-0.25, -0.2) is 18.4 Å². The summed E-state index contributed by atoms with van der Waals surface area (Å²) in [4.78, 5) is 7.71. The van der Waals surface area contributed by atoms with Crippen LogP contribution in [0.15, 0.2) is 36.7 Å². The van der Waals surface area contributed by atoms with Gasteiger partial charge >= 0.3 is 0 Å². The molecule has 0 saturated heterocycles.